The third-order valence-corrected chi connectivity index (χ3v) is 5.43. The Labute approximate surface area is 201 Å². The van der Waals surface area contributed by atoms with E-state index >= 15 is 0 Å². The second kappa shape index (κ2) is 14.3. The number of hydrogen-bond acceptors (Lipinski definition) is 6. The first-order valence-electron chi connectivity index (χ1n) is 12.0. The van der Waals surface area contributed by atoms with Gasteiger partial charge in [0.25, 0.3) is 5.91 Å². The summed E-state index contributed by atoms with van der Waals surface area (Å²) in [6.07, 6.45) is 1.36. The number of ether oxygens (including phenoxy) is 2. The molecule has 3 atom stereocenters. The van der Waals surface area contributed by atoms with Gasteiger partial charge in [0, 0.05) is 13.0 Å². The summed E-state index contributed by atoms with van der Waals surface area (Å²) >= 11 is 0. The molecule has 1 aromatic rings. The second-order valence-corrected chi connectivity index (χ2v) is 8.92. The molecule has 0 saturated carbocycles. The third-order valence-electron chi connectivity index (χ3n) is 5.43. The lowest BCUT2D eigenvalue weighted by atomic mass is 9.99. The maximum atomic E-state index is 13.1. The normalized spacial score (nSPS) is 17.0. The molecule has 3 amide bonds. The molecule has 1 saturated heterocycles. The average molecular weight is 476 g/mol. The third kappa shape index (κ3) is 9.51. The minimum Gasteiger partial charge on any atom is -0.444 e. The van der Waals surface area contributed by atoms with Crippen LogP contribution in [-0.2, 0) is 30.3 Å². The zero-order chi connectivity index (χ0) is 24.9. The molecule has 3 N–H and O–H groups in total. The molecular weight excluding hydrogens is 438 g/mol. The Kier molecular flexibility index (Phi) is 11.5. The Balaban J connectivity index is 2.08. The van der Waals surface area contributed by atoms with Crippen molar-refractivity contribution in [3.63, 3.8) is 0 Å². The first-order valence-corrected chi connectivity index (χ1v) is 12.0. The zero-order valence-corrected chi connectivity index (χ0v) is 20.3. The fourth-order valence-electron chi connectivity index (χ4n) is 3.62. The highest BCUT2D eigenvalue weighted by atomic mass is 16.6. The number of Topliss-reactive ketones (excluding diaryl/α,β-unsaturated/α-hetero) is 1. The van der Waals surface area contributed by atoms with E-state index in [1.165, 1.54) is 0 Å². The van der Waals surface area contributed by atoms with Crippen LogP contribution in [0, 0.1) is 5.92 Å². The molecule has 34 heavy (non-hydrogen) atoms. The smallest absolute Gasteiger partial charge is 0.408 e. The minimum absolute atomic E-state index is 0.0946. The number of aryl methyl sites for hydroxylation is 1. The first kappa shape index (κ1) is 27.3. The molecule has 1 unspecified atom stereocenters. The van der Waals surface area contributed by atoms with Crippen LogP contribution in [0.4, 0.5) is 4.79 Å². The standard InChI is InChI=1S/C25H37N3O6/c1-4-13-26-24(31)22(29)20(11-10-18-8-6-5-7-9-18)27-23(30)21(15-17(2)3)28-25(32)34-19-12-14-33-16-19/h5-9,17,19-21H,4,10-16H2,1-3H3,(H,26,31)(H,27,30)(H,28,32)/t19-,20-,21?/m0/s1. The van der Waals surface area contributed by atoms with Crippen LogP contribution >= 0.6 is 0 Å². The maximum Gasteiger partial charge on any atom is 0.408 e. The summed E-state index contributed by atoms with van der Waals surface area (Å²) in [6.45, 7) is 6.97. The van der Waals surface area contributed by atoms with Gasteiger partial charge < -0.3 is 25.4 Å². The van der Waals surface area contributed by atoms with Gasteiger partial charge in [-0.05, 0) is 37.2 Å². The number of amides is 3. The van der Waals surface area contributed by atoms with Crippen molar-refractivity contribution in [1.82, 2.24) is 16.0 Å². The molecule has 9 nitrogen and oxygen atoms in total. The van der Waals surface area contributed by atoms with Gasteiger partial charge in [-0.2, -0.15) is 0 Å². The molecular formula is C25H37N3O6. The van der Waals surface area contributed by atoms with Crippen molar-refractivity contribution < 1.29 is 28.7 Å². The highest BCUT2D eigenvalue weighted by molar-refractivity contribution is 6.38. The topological polar surface area (TPSA) is 123 Å². The van der Waals surface area contributed by atoms with Crippen LogP contribution in [0.15, 0.2) is 30.3 Å². The molecule has 0 radical (unpaired) electrons. The van der Waals surface area contributed by atoms with Crippen molar-refractivity contribution in [3.8, 4) is 0 Å². The van der Waals surface area contributed by atoms with Crippen LogP contribution in [0.25, 0.3) is 0 Å². The fraction of sp³-hybridized carbons (Fsp3) is 0.600. The molecule has 0 spiro atoms. The SMILES string of the molecule is CCCNC(=O)C(=O)[C@H](CCc1ccccc1)NC(=O)C(CC(C)C)NC(=O)O[C@H]1CCOC1. The molecule has 1 heterocycles. The minimum atomic E-state index is -1.01. The van der Waals surface area contributed by atoms with Gasteiger partial charge in [0.2, 0.25) is 11.7 Å². The molecule has 1 fully saturated rings. The van der Waals surface area contributed by atoms with E-state index in [0.29, 0.717) is 45.4 Å². The highest BCUT2D eigenvalue weighted by Crippen LogP contribution is 2.11. The van der Waals surface area contributed by atoms with Gasteiger partial charge in [-0.25, -0.2) is 4.79 Å². The van der Waals surface area contributed by atoms with E-state index in [9.17, 15) is 19.2 Å². The summed E-state index contributed by atoms with van der Waals surface area (Å²) in [5.41, 5.74) is 0.989. The lowest BCUT2D eigenvalue weighted by molar-refractivity contribution is -0.140. The van der Waals surface area contributed by atoms with Gasteiger partial charge in [-0.1, -0.05) is 51.1 Å². The Morgan fingerprint density at radius 2 is 1.82 bits per heavy atom. The average Bonchev–Trinajstić information content (AvgIpc) is 3.32. The number of nitrogens with one attached hydrogen (secondary N) is 3. The van der Waals surface area contributed by atoms with E-state index in [4.69, 9.17) is 9.47 Å². The molecule has 0 bridgehead atoms. The van der Waals surface area contributed by atoms with E-state index in [2.05, 4.69) is 16.0 Å². The summed E-state index contributed by atoms with van der Waals surface area (Å²) in [4.78, 5) is 50.7. The summed E-state index contributed by atoms with van der Waals surface area (Å²) in [6, 6.07) is 7.61. The molecule has 1 aromatic carbocycles. The van der Waals surface area contributed by atoms with E-state index < -0.39 is 35.8 Å². The summed E-state index contributed by atoms with van der Waals surface area (Å²) in [5.74, 6) is -1.86. The van der Waals surface area contributed by atoms with Crippen LogP contribution in [0.1, 0.15) is 52.0 Å². The van der Waals surface area contributed by atoms with Crippen molar-refractivity contribution in [2.75, 3.05) is 19.8 Å². The zero-order valence-electron chi connectivity index (χ0n) is 20.3. The van der Waals surface area contributed by atoms with Crippen molar-refractivity contribution in [3.05, 3.63) is 35.9 Å². The van der Waals surface area contributed by atoms with Crippen LogP contribution in [-0.4, -0.2) is 61.6 Å². The van der Waals surface area contributed by atoms with Crippen LogP contribution in [0.5, 0.6) is 0 Å². The van der Waals surface area contributed by atoms with E-state index in [0.717, 1.165) is 5.56 Å². The van der Waals surface area contributed by atoms with Crippen molar-refractivity contribution >= 4 is 23.7 Å². The Hall–Kier alpha value is -2.94. The van der Waals surface area contributed by atoms with E-state index in [1.807, 2.05) is 51.1 Å². The number of rotatable bonds is 13. The van der Waals surface area contributed by atoms with Gasteiger partial charge in [-0.15, -0.1) is 0 Å². The number of carbonyl (C=O) groups excluding carboxylic acids is 4. The lowest BCUT2D eigenvalue weighted by Crippen LogP contribution is -2.54. The van der Waals surface area contributed by atoms with Gasteiger partial charge >= 0.3 is 6.09 Å². The molecule has 9 heteroatoms. The second-order valence-electron chi connectivity index (χ2n) is 8.92. The van der Waals surface area contributed by atoms with Crippen LogP contribution in [0.3, 0.4) is 0 Å². The van der Waals surface area contributed by atoms with E-state index in [1.54, 1.807) is 0 Å². The fourth-order valence-corrected chi connectivity index (χ4v) is 3.62. The largest absolute Gasteiger partial charge is 0.444 e. The van der Waals surface area contributed by atoms with Gasteiger partial charge in [-0.3, -0.25) is 14.4 Å². The number of carbonyl (C=O) groups is 4. The molecule has 2 rings (SSSR count). The Morgan fingerprint density at radius 1 is 1.09 bits per heavy atom. The maximum absolute atomic E-state index is 13.1. The van der Waals surface area contributed by atoms with Crippen LogP contribution < -0.4 is 16.0 Å². The number of hydrogen-bond donors (Lipinski definition) is 3. The van der Waals surface area contributed by atoms with E-state index in [-0.39, 0.29) is 18.4 Å². The predicted molar refractivity (Wildman–Crippen MR) is 127 cm³/mol. The summed E-state index contributed by atoms with van der Waals surface area (Å²) in [5, 5.41) is 7.90. The molecule has 0 aromatic heterocycles. The van der Waals surface area contributed by atoms with Crippen molar-refractivity contribution in [2.24, 2.45) is 5.92 Å². The van der Waals surface area contributed by atoms with Crippen molar-refractivity contribution in [2.45, 2.75) is 71.1 Å². The number of alkyl carbamates (subject to hydrolysis) is 1. The quantitative estimate of drug-likeness (QED) is 0.376. The predicted octanol–water partition coefficient (Wildman–Crippen LogP) is 2.13. The summed E-state index contributed by atoms with van der Waals surface area (Å²) in [7, 11) is 0. The molecule has 188 valence electrons. The van der Waals surface area contributed by atoms with Gasteiger partial charge in [0.05, 0.1) is 19.3 Å². The highest BCUT2D eigenvalue weighted by Gasteiger charge is 2.31. The first-order chi connectivity index (χ1) is 16.3. The lowest BCUT2D eigenvalue weighted by Gasteiger charge is -2.24. The molecule has 0 aliphatic carbocycles. The Morgan fingerprint density at radius 3 is 2.44 bits per heavy atom. The number of benzene rings is 1. The van der Waals surface area contributed by atoms with Gasteiger partial charge in [0.1, 0.15) is 12.1 Å². The monoisotopic (exact) mass is 475 g/mol. The summed E-state index contributed by atoms with van der Waals surface area (Å²) < 4.78 is 10.5. The van der Waals surface area contributed by atoms with Gasteiger partial charge in [0.15, 0.2) is 0 Å². The molecule has 1 aliphatic rings. The molecule has 1 aliphatic heterocycles. The van der Waals surface area contributed by atoms with Crippen LogP contribution in [0.2, 0.25) is 0 Å². The number of ketones is 1. The Bertz CT molecular complexity index is 808. The van der Waals surface area contributed by atoms with Crippen molar-refractivity contribution in [1.29, 1.82) is 0 Å².